The number of hydrogen-bond acceptors (Lipinski definition) is 1. The summed E-state index contributed by atoms with van der Waals surface area (Å²) in [7, 11) is 0. The summed E-state index contributed by atoms with van der Waals surface area (Å²) < 4.78 is 0. The van der Waals surface area contributed by atoms with Crippen molar-refractivity contribution < 1.29 is 0 Å². The molecule has 1 heterocycles. The molecule has 0 bridgehead atoms. The van der Waals surface area contributed by atoms with Crippen LogP contribution in [-0.2, 0) is 6.42 Å². The standard InChI is InChI=1S/C16H15N/c1-2-6-12-8-5-10-16-14(12)11-13-7-3-4-9-15(13)17-16/h3-5,7-11H,2,6H2,1H3. The summed E-state index contributed by atoms with van der Waals surface area (Å²) in [4.78, 5) is 4.72. The van der Waals surface area contributed by atoms with Crippen molar-refractivity contribution in [1.29, 1.82) is 0 Å². The van der Waals surface area contributed by atoms with E-state index in [0.29, 0.717) is 0 Å². The first-order chi connectivity index (χ1) is 8.38. The van der Waals surface area contributed by atoms with Crippen LogP contribution in [0.15, 0.2) is 48.5 Å². The summed E-state index contributed by atoms with van der Waals surface area (Å²) >= 11 is 0. The quantitative estimate of drug-likeness (QED) is 0.586. The van der Waals surface area contributed by atoms with Gasteiger partial charge in [-0.25, -0.2) is 4.98 Å². The molecule has 0 spiro atoms. The molecular weight excluding hydrogens is 206 g/mol. The third-order valence-corrected chi connectivity index (χ3v) is 3.17. The van der Waals surface area contributed by atoms with Crippen molar-refractivity contribution >= 4 is 21.8 Å². The van der Waals surface area contributed by atoms with Crippen molar-refractivity contribution in [2.75, 3.05) is 0 Å². The smallest absolute Gasteiger partial charge is 0.0712 e. The minimum Gasteiger partial charge on any atom is -0.248 e. The summed E-state index contributed by atoms with van der Waals surface area (Å²) in [5.74, 6) is 0. The van der Waals surface area contributed by atoms with Gasteiger partial charge in [0.15, 0.2) is 0 Å². The largest absolute Gasteiger partial charge is 0.248 e. The molecule has 0 saturated heterocycles. The normalized spacial score (nSPS) is 11.1. The van der Waals surface area contributed by atoms with E-state index in [9.17, 15) is 0 Å². The molecule has 0 aliphatic heterocycles. The molecule has 0 N–H and O–H groups in total. The van der Waals surface area contributed by atoms with Crippen molar-refractivity contribution in [3.8, 4) is 0 Å². The number of fused-ring (bicyclic) bond motifs is 2. The number of aryl methyl sites for hydroxylation is 1. The highest BCUT2D eigenvalue weighted by Crippen LogP contribution is 2.23. The van der Waals surface area contributed by atoms with Crippen LogP contribution in [0.1, 0.15) is 18.9 Å². The third-order valence-electron chi connectivity index (χ3n) is 3.17. The molecule has 3 aromatic rings. The number of hydrogen-bond donors (Lipinski definition) is 0. The molecule has 2 aromatic carbocycles. The van der Waals surface area contributed by atoms with Crippen molar-refractivity contribution in [2.24, 2.45) is 0 Å². The van der Waals surface area contributed by atoms with Crippen LogP contribution in [0.5, 0.6) is 0 Å². The number of pyridine rings is 1. The van der Waals surface area contributed by atoms with Crippen LogP contribution in [0.25, 0.3) is 21.8 Å². The van der Waals surface area contributed by atoms with Crippen LogP contribution in [0, 0.1) is 0 Å². The van der Waals surface area contributed by atoms with Crippen molar-refractivity contribution in [3.63, 3.8) is 0 Å². The highest BCUT2D eigenvalue weighted by Gasteiger charge is 2.03. The van der Waals surface area contributed by atoms with Crippen LogP contribution >= 0.6 is 0 Å². The van der Waals surface area contributed by atoms with Crippen LogP contribution in [0.3, 0.4) is 0 Å². The lowest BCUT2D eigenvalue weighted by atomic mass is 10.0. The summed E-state index contributed by atoms with van der Waals surface area (Å²) in [5, 5.41) is 2.52. The Balaban J connectivity index is 2.35. The molecule has 0 saturated carbocycles. The lowest BCUT2D eigenvalue weighted by Crippen LogP contribution is -1.88. The predicted molar refractivity (Wildman–Crippen MR) is 73.2 cm³/mol. The van der Waals surface area contributed by atoms with Crippen molar-refractivity contribution in [2.45, 2.75) is 19.8 Å². The minimum absolute atomic E-state index is 1.08. The Hall–Kier alpha value is -1.89. The number of nitrogens with zero attached hydrogens (tertiary/aromatic N) is 1. The van der Waals surface area contributed by atoms with Gasteiger partial charge in [-0.05, 0) is 30.2 Å². The van der Waals surface area contributed by atoms with Crippen LogP contribution in [0.4, 0.5) is 0 Å². The second kappa shape index (κ2) is 4.17. The van der Waals surface area contributed by atoms with E-state index in [1.165, 1.54) is 22.8 Å². The van der Waals surface area contributed by atoms with Crippen LogP contribution < -0.4 is 0 Å². The molecule has 1 heteroatoms. The van der Waals surface area contributed by atoms with Crippen molar-refractivity contribution in [3.05, 3.63) is 54.1 Å². The van der Waals surface area contributed by atoms with Gasteiger partial charge in [-0.3, -0.25) is 0 Å². The summed E-state index contributed by atoms with van der Waals surface area (Å²) in [6.07, 6.45) is 2.29. The molecule has 84 valence electrons. The van der Waals surface area contributed by atoms with Gasteiger partial charge in [0.2, 0.25) is 0 Å². The molecule has 0 aliphatic rings. The van der Waals surface area contributed by atoms with E-state index >= 15 is 0 Å². The fourth-order valence-electron chi connectivity index (χ4n) is 2.35. The van der Waals surface area contributed by atoms with Gasteiger partial charge in [-0.2, -0.15) is 0 Å². The fraction of sp³-hybridized carbons (Fsp3) is 0.188. The van der Waals surface area contributed by atoms with E-state index in [2.05, 4.69) is 49.4 Å². The van der Waals surface area contributed by atoms with Gasteiger partial charge in [0.25, 0.3) is 0 Å². The molecule has 0 unspecified atom stereocenters. The Bertz CT molecular complexity index is 670. The molecule has 0 amide bonds. The first-order valence-electron chi connectivity index (χ1n) is 6.16. The Morgan fingerprint density at radius 1 is 0.941 bits per heavy atom. The maximum Gasteiger partial charge on any atom is 0.0712 e. The Morgan fingerprint density at radius 2 is 1.76 bits per heavy atom. The van der Waals surface area contributed by atoms with Gasteiger partial charge in [0.1, 0.15) is 0 Å². The zero-order valence-electron chi connectivity index (χ0n) is 9.98. The minimum atomic E-state index is 1.08. The predicted octanol–water partition coefficient (Wildman–Crippen LogP) is 4.34. The SMILES string of the molecule is CCCc1cccc2nc3ccccc3cc12. The molecule has 1 nitrogen and oxygen atoms in total. The number of benzene rings is 2. The second-order valence-corrected chi connectivity index (χ2v) is 4.41. The Morgan fingerprint density at radius 3 is 2.65 bits per heavy atom. The molecule has 3 rings (SSSR count). The monoisotopic (exact) mass is 221 g/mol. The van der Waals surface area contributed by atoms with Gasteiger partial charge >= 0.3 is 0 Å². The van der Waals surface area contributed by atoms with E-state index < -0.39 is 0 Å². The van der Waals surface area contributed by atoms with Gasteiger partial charge in [-0.1, -0.05) is 43.7 Å². The molecular formula is C16H15N. The summed E-state index contributed by atoms with van der Waals surface area (Å²) in [6, 6.07) is 17.0. The maximum absolute atomic E-state index is 4.72. The highest BCUT2D eigenvalue weighted by molar-refractivity contribution is 5.94. The molecule has 0 atom stereocenters. The van der Waals surface area contributed by atoms with E-state index in [0.717, 1.165) is 17.5 Å². The van der Waals surface area contributed by atoms with Crippen LogP contribution in [0.2, 0.25) is 0 Å². The van der Waals surface area contributed by atoms with E-state index in [4.69, 9.17) is 4.98 Å². The summed E-state index contributed by atoms with van der Waals surface area (Å²) in [6.45, 7) is 2.22. The molecule has 17 heavy (non-hydrogen) atoms. The van der Waals surface area contributed by atoms with Gasteiger partial charge in [0.05, 0.1) is 11.0 Å². The number of aromatic nitrogens is 1. The number of para-hydroxylation sites is 1. The molecule has 0 aliphatic carbocycles. The van der Waals surface area contributed by atoms with Crippen LogP contribution in [-0.4, -0.2) is 4.98 Å². The van der Waals surface area contributed by atoms with Gasteiger partial charge in [-0.15, -0.1) is 0 Å². The zero-order chi connectivity index (χ0) is 11.7. The first-order valence-corrected chi connectivity index (χ1v) is 6.16. The molecule has 1 aromatic heterocycles. The van der Waals surface area contributed by atoms with Gasteiger partial charge in [0, 0.05) is 10.8 Å². The highest BCUT2D eigenvalue weighted by atomic mass is 14.7. The Labute approximate surface area is 101 Å². The third kappa shape index (κ3) is 1.78. The van der Waals surface area contributed by atoms with Gasteiger partial charge < -0.3 is 0 Å². The molecule has 0 radical (unpaired) electrons. The zero-order valence-corrected chi connectivity index (χ0v) is 9.98. The topological polar surface area (TPSA) is 12.9 Å². The Kier molecular flexibility index (Phi) is 2.52. The average Bonchev–Trinajstić information content (AvgIpc) is 2.37. The maximum atomic E-state index is 4.72. The van der Waals surface area contributed by atoms with E-state index in [-0.39, 0.29) is 0 Å². The van der Waals surface area contributed by atoms with E-state index in [1.54, 1.807) is 0 Å². The summed E-state index contributed by atoms with van der Waals surface area (Å²) in [5.41, 5.74) is 3.59. The molecule has 0 fully saturated rings. The first kappa shape index (κ1) is 10.3. The fourth-order valence-corrected chi connectivity index (χ4v) is 2.35. The lowest BCUT2D eigenvalue weighted by molar-refractivity contribution is 0.929. The lowest BCUT2D eigenvalue weighted by Gasteiger charge is -2.06. The second-order valence-electron chi connectivity index (χ2n) is 4.41. The number of rotatable bonds is 2. The van der Waals surface area contributed by atoms with E-state index in [1.807, 2.05) is 6.07 Å². The average molecular weight is 221 g/mol. The van der Waals surface area contributed by atoms with Crippen molar-refractivity contribution in [1.82, 2.24) is 4.98 Å².